The molecule has 1 saturated heterocycles. The molecule has 10 heteroatoms. The Morgan fingerprint density at radius 1 is 1.12 bits per heavy atom. The molecule has 2 aromatic rings. The number of halogens is 3. The highest BCUT2D eigenvalue weighted by Gasteiger charge is 2.32. The van der Waals surface area contributed by atoms with Crippen LogP contribution in [-0.4, -0.2) is 40.9 Å². The molecule has 1 saturated carbocycles. The third kappa shape index (κ3) is 5.61. The lowest BCUT2D eigenvalue weighted by Gasteiger charge is -2.35. The lowest BCUT2D eigenvalue weighted by atomic mass is 10.0. The molecule has 0 bridgehead atoms. The Morgan fingerprint density at radius 2 is 1.88 bits per heavy atom. The molecule has 2 amide bonds. The van der Waals surface area contributed by atoms with Gasteiger partial charge in [-0.15, -0.1) is 0 Å². The molecule has 1 aliphatic carbocycles. The van der Waals surface area contributed by atoms with Crippen molar-refractivity contribution in [3.05, 3.63) is 46.8 Å². The summed E-state index contributed by atoms with van der Waals surface area (Å²) in [6.45, 7) is 4.46. The molecule has 1 atom stereocenters. The molecule has 1 aliphatic heterocycles. The number of nitrogens with one attached hydrogen (secondary N) is 2. The van der Waals surface area contributed by atoms with Crippen molar-refractivity contribution in [2.75, 3.05) is 23.3 Å². The third-order valence-electron chi connectivity index (χ3n) is 5.85. The first-order valence-electron chi connectivity index (χ1n) is 11.0. The van der Waals surface area contributed by atoms with E-state index in [1.807, 2.05) is 4.90 Å². The van der Waals surface area contributed by atoms with Crippen LogP contribution in [0.5, 0.6) is 0 Å². The molecule has 176 valence electrons. The molecular formula is C23H26F3N5O2. The van der Waals surface area contributed by atoms with E-state index in [-0.39, 0.29) is 23.8 Å². The molecule has 7 nitrogen and oxygen atoms in total. The van der Waals surface area contributed by atoms with Gasteiger partial charge in [-0.25, -0.2) is 9.97 Å². The molecule has 2 aromatic heterocycles. The number of carbonyl (C=O) groups is 2. The van der Waals surface area contributed by atoms with Crippen molar-refractivity contribution in [3.8, 4) is 0 Å². The summed E-state index contributed by atoms with van der Waals surface area (Å²) in [7, 11) is 0. The number of carbonyl (C=O) groups excluding carboxylic acids is 2. The molecule has 2 N–H and O–H groups in total. The average molecular weight is 461 g/mol. The summed E-state index contributed by atoms with van der Waals surface area (Å²) in [5, 5.41) is 5.77. The van der Waals surface area contributed by atoms with Gasteiger partial charge in [0.25, 0.3) is 5.91 Å². The van der Waals surface area contributed by atoms with E-state index in [1.54, 1.807) is 26.0 Å². The zero-order valence-electron chi connectivity index (χ0n) is 18.5. The number of hydrogen-bond acceptors (Lipinski definition) is 5. The van der Waals surface area contributed by atoms with Crippen LogP contribution < -0.4 is 15.5 Å². The summed E-state index contributed by atoms with van der Waals surface area (Å²) in [6, 6.07) is 4.13. The van der Waals surface area contributed by atoms with Gasteiger partial charge < -0.3 is 15.5 Å². The Labute approximate surface area is 189 Å². The molecule has 0 spiro atoms. The molecule has 4 rings (SSSR count). The van der Waals surface area contributed by atoms with Gasteiger partial charge in [0.05, 0.1) is 5.56 Å². The van der Waals surface area contributed by atoms with Crippen LogP contribution in [0.3, 0.4) is 0 Å². The standard InChI is InChI=1S/C23H26F3N5O2/c1-13-8-17(23(24,25)26)11-27-20(13)31-7-3-4-18(12-31)29-22(33)16-9-14(2)28-19(10-16)30-21(32)15-5-6-15/h8-11,15,18H,3-7,12H2,1-2H3,(H,29,33)(H,28,30,32)/t18-/m1/s1. The van der Waals surface area contributed by atoms with Gasteiger partial charge in [0.2, 0.25) is 5.91 Å². The van der Waals surface area contributed by atoms with Crippen molar-refractivity contribution < 1.29 is 22.8 Å². The van der Waals surface area contributed by atoms with Crippen molar-refractivity contribution in [1.82, 2.24) is 15.3 Å². The molecule has 0 radical (unpaired) electrons. The number of hydrogen-bond donors (Lipinski definition) is 2. The minimum Gasteiger partial charge on any atom is -0.354 e. The van der Waals surface area contributed by atoms with Crippen molar-refractivity contribution in [1.29, 1.82) is 0 Å². The average Bonchev–Trinajstić information content (AvgIpc) is 3.58. The van der Waals surface area contributed by atoms with Crippen LogP contribution in [0.15, 0.2) is 24.4 Å². The molecule has 0 aromatic carbocycles. The highest BCUT2D eigenvalue weighted by molar-refractivity contribution is 5.97. The Hall–Kier alpha value is -3.17. The van der Waals surface area contributed by atoms with E-state index in [4.69, 9.17) is 0 Å². The quantitative estimate of drug-likeness (QED) is 0.706. The smallest absolute Gasteiger partial charge is 0.354 e. The molecule has 2 fully saturated rings. The van der Waals surface area contributed by atoms with E-state index in [9.17, 15) is 22.8 Å². The largest absolute Gasteiger partial charge is 0.417 e. The summed E-state index contributed by atoms with van der Waals surface area (Å²) < 4.78 is 38.8. The van der Waals surface area contributed by atoms with Gasteiger partial charge in [0.1, 0.15) is 11.6 Å². The number of aryl methyl sites for hydroxylation is 2. The molecule has 0 unspecified atom stereocenters. The van der Waals surface area contributed by atoms with Crippen LogP contribution in [0.4, 0.5) is 24.8 Å². The summed E-state index contributed by atoms with van der Waals surface area (Å²) in [5.74, 6) is 0.506. The zero-order valence-corrected chi connectivity index (χ0v) is 18.5. The van der Waals surface area contributed by atoms with E-state index in [2.05, 4.69) is 20.6 Å². The number of pyridine rings is 2. The highest BCUT2D eigenvalue weighted by atomic mass is 19.4. The number of aromatic nitrogens is 2. The monoisotopic (exact) mass is 461 g/mol. The van der Waals surface area contributed by atoms with Crippen molar-refractivity contribution in [2.45, 2.75) is 51.7 Å². The number of nitrogens with zero attached hydrogens (tertiary/aromatic N) is 3. The van der Waals surface area contributed by atoms with E-state index in [0.717, 1.165) is 37.9 Å². The number of amides is 2. The second kappa shape index (κ2) is 8.99. The fourth-order valence-corrected chi connectivity index (χ4v) is 4.05. The van der Waals surface area contributed by atoms with Crippen LogP contribution in [0, 0.1) is 19.8 Å². The normalized spacial score (nSPS) is 18.7. The second-order valence-electron chi connectivity index (χ2n) is 8.77. The van der Waals surface area contributed by atoms with Crippen molar-refractivity contribution in [2.24, 2.45) is 5.92 Å². The predicted octanol–water partition coefficient (Wildman–Crippen LogP) is 3.86. The topological polar surface area (TPSA) is 87.2 Å². The highest BCUT2D eigenvalue weighted by Crippen LogP contribution is 2.32. The molecule has 33 heavy (non-hydrogen) atoms. The van der Waals surface area contributed by atoms with E-state index in [1.165, 1.54) is 0 Å². The number of rotatable bonds is 5. The van der Waals surface area contributed by atoms with Gasteiger partial charge >= 0.3 is 6.18 Å². The van der Waals surface area contributed by atoms with Gasteiger partial charge in [0.15, 0.2) is 0 Å². The maximum Gasteiger partial charge on any atom is 0.417 e. The Morgan fingerprint density at radius 3 is 2.55 bits per heavy atom. The lowest BCUT2D eigenvalue weighted by Crippen LogP contribution is -2.48. The fraction of sp³-hybridized carbons (Fsp3) is 0.478. The molecule has 2 aliphatic rings. The van der Waals surface area contributed by atoms with Crippen LogP contribution in [0.2, 0.25) is 0 Å². The maximum absolute atomic E-state index is 12.9. The van der Waals surface area contributed by atoms with Crippen LogP contribution in [0.25, 0.3) is 0 Å². The van der Waals surface area contributed by atoms with Crippen LogP contribution in [-0.2, 0) is 11.0 Å². The third-order valence-corrected chi connectivity index (χ3v) is 5.85. The minimum absolute atomic E-state index is 0.0278. The van der Waals surface area contributed by atoms with Gasteiger partial charge in [-0.1, -0.05) is 0 Å². The Bertz CT molecular complexity index is 1070. The van der Waals surface area contributed by atoms with E-state index < -0.39 is 11.7 Å². The van der Waals surface area contributed by atoms with Crippen LogP contribution in [0.1, 0.15) is 52.9 Å². The minimum atomic E-state index is -4.44. The van der Waals surface area contributed by atoms with Gasteiger partial charge in [-0.2, -0.15) is 13.2 Å². The molecular weight excluding hydrogens is 435 g/mol. The first-order chi connectivity index (χ1) is 15.6. The van der Waals surface area contributed by atoms with E-state index >= 15 is 0 Å². The summed E-state index contributed by atoms with van der Waals surface area (Å²) in [6.07, 6.45) is -0.328. The predicted molar refractivity (Wildman–Crippen MR) is 117 cm³/mol. The molecule has 3 heterocycles. The SMILES string of the molecule is Cc1cc(C(=O)N[C@@H]2CCCN(c3ncc(C(F)(F)F)cc3C)C2)cc(NC(=O)C2CC2)n1. The number of alkyl halides is 3. The Kier molecular flexibility index (Phi) is 6.27. The zero-order chi connectivity index (χ0) is 23.8. The maximum atomic E-state index is 12.9. The summed E-state index contributed by atoms with van der Waals surface area (Å²) >= 11 is 0. The number of piperidine rings is 1. The van der Waals surface area contributed by atoms with Crippen LogP contribution >= 0.6 is 0 Å². The summed E-state index contributed by atoms with van der Waals surface area (Å²) in [4.78, 5) is 35.2. The summed E-state index contributed by atoms with van der Waals surface area (Å²) in [5.41, 5.74) is 0.680. The van der Waals surface area contributed by atoms with Gasteiger partial charge in [0, 0.05) is 42.5 Å². The van der Waals surface area contributed by atoms with Crippen molar-refractivity contribution >= 4 is 23.5 Å². The number of anilines is 2. The first kappa shape index (κ1) is 23.0. The van der Waals surface area contributed by atoms with Crippen molar-refractivity contribution in [3.63, 3.8) is 0 Å². The first-order valence-corrected chi connectivity index (χ1v) is 11.0. The van der Waals surface area contributed by atoms with Gasteiger partial charge in [-0.3, -0.25) is 9.59 Å². The Balaban J connectivity index is 1.43. The van der Waals surface area contributed by atoms with E-state index in [0.29, 0.717) is 41.5 Å². The fourth-order valence-electron chi connectivity index (χ4n) is 4.05. The lowest BCUT2D eigenvalue weighted by molar-refractivity contribution is -0.137. The second-order valence-corrected chi connectivity index (χ2v) is 8.77. The van der Waals surface area contributed by atoms with Gasteiger partial charge in [-0.05, 0) is 63.3 Å².